The summed E-state index contributed by atoms with van der Waals surface area (Å²) in [6.07, 6.45) is 3.22. The van der Waals surface area contributed by atoms with Gasteiger partial charge in [0, 0.05) is 18.9 Å². The molecule has 2 aromatic heterocycles. The Morgan fingerprint density at radius 3 is 2.48 bits per heavy atom. The van der Waals surface area contributed by atoms with Gasteiger partial charge in [-0.25, -0.2) is 15.0 Å². The smallest absolute Gasteiger partial charge is 0.161 e. The van der Waals surface area contributed by atoms with Crippen molar-refractivity contribution in [3.63, 3.8) is 0 Å². The molecule has 2 heterocycles. The third kappa shape index (κ3) is 3.06. The number of nitrogens with one attached hydrogen (secondary N) is 1. The van der Waals surface area contributed by atoms with Crippen molar-refractivity contribution < 1.29 is 0 Å². The maximum absolute atomic E-state index is 6.26. The fourth-order valence-corrected chi connectivity index (χ4v) is 2.26. The monoisotopic (exact) mass is 306 g/mol. The number of anilines is 5. The van der Waals surface area contributed by atoms with E-state index >= 15 is 0 Å². The van der Waals surface area contributed by atoms with Gasteiger partial charge in [-0.2, -0.15) is 0 Å². The Bertz CT molecular complexity index is 803. The minimum atomic E-state index is 0.476. The highest BCUT2D eigenvalue weighted by Crippen LogP contribution is 2.31. The lowest BCUT2D eigenvalue weighted by atomic mass is 10.2. The molecule has 0 atom stereocenters. The minimum absolute atomic E-state index is 0.476. The van der Waals surface area contributed by atoms with E-state index < -0.39 is 0 Å². The van der Waals surface area contributed by atoms with Gasteiger partial charge in [0.2, 0.25) is 0 Å². The summed E-state index contributed by atoms with van der Waals surface area (Å²) in [6, 6.07) is 13.8. The fraction of sp³-hybridized carbons (Fsp3) is 0.118. The van der Waals surface area contributed by atoms with Crippen LogP contribution in [0.2, 0.25) is 0 Å². The molecule has 6 nitrogen and oxygen atoms in total. The summed E-state index contributed by atoms with van der Waals surface area (Å²) in [7, 11) is 1.92. The molecule has 3 N–H and O–H groups in total. The van der Waals surface area contributed by atoms with Crippen molar-refractivity contribution in [3.05, 3.63) is 60.6 Å². The van der Waals surface area contributed by atoms with Gasteiger partial charge in [-0.05, 0) is 30.7 Å². The number of nitrogen functional groups attached to an aromatic ring is 1. The molecule has 1 aromatic carbocycles. The van der Waals surface area contributed by atoms with Gasteiger partial charge in [-0.3, -0.25) is 0 Å². The summed E-state index contributed by atoms with van der Waals surface area (Å²) < 4.78 is 0. The number of rotatable bonds is 4. The van der Waals surface area contributed by atoms with E-state index in [-0.39, 0.29) is 0 Å². The molecular formula is C17H18N6. The number of para-hydroxylation sites is 1. The second-order valence-corrected chi connectivity index (χ2v) is 5.15. The number of nitrogens with two attached hydrogens (primary N) is 1. The Hall–Kier alpha value is -3.15. The van der Waals surface area contributed by atoms with E-state index in [4.69, 9.17) is 5.73 Å². The Kier molecular flexibility index (Phi) is 4.05. The molecule has 0 bridgehead atoms. The maximum Gasteiger partial charge on any atom is 0.161 e. The van der Waals surface area contributed by atoms with E-state index in [1.807, 2.05) is 61.3 Å². The van der Waals surface area contributed by atoms with Gasteiger partial charge >= 0.3 is 0 Å². The molecule has 0 unspecified atom stereocenters. The van der Waals surface area contributed by atoms with Crippen LogP contribution < -0.4 is 16.0 Å². The average molecular weight is 306 g/mol. The van der Waals surface area contributed by atoms with Crippen LogP contribution in [-0.2, 0) is 0 Å². The number of hydrogen-bond acceptors (Lipinski definition) is 6. The molecule has 0 saturated heterocycles. The van der Waals surface area contributed by atoms with Crippen molar-refractivity contribution in [3.8, 4) is 0 Å². The predicted octanol–water partition coefficient (Wildman–Crippen LogP) is 3.27. The third-order valence-electron chi connectivity index (χ3n) is 3.57. The van der Waals surface area contributed by atoms with Crippen molar-refractivity contribution in [1.82, 2.24) is 15.0 Å². The predicted molar refractivity (Wildman–Crippen MR) is 93.2 cm³/mol. The molecule has 23 heavy (non-hydrogen) atoms. The number of pyridine rings is 1. The van der Waals surface area contributed by atoms with Crippen LogP contribution >= 0.6 is 0 Å². The fourth-order valence-electron chi connectivity index (χ4n) is 2.26. The molecule has 0 spiro atoms. The van der Waals surface area contributed by atoms with Crippen molar-refractivity contribution in [2.24, 2.45) is 0 Å². The summed E-state index contributed by atoms with van der Waals surface area (Å²) in [4.78, 5) is 14.8. The second-order valence-electron chi connectivity index (χ2n) is 5.15. The molecule has 116 valence electrons. The van der Waals surface area contributed by atoms with Gasteiger partial charge in [0.05, 0.1) is 0 Å². The summed E-state index contributed by atoms with van der Waals surface area (Å²) in [5.74, 6) is 1.91. The van der Waals surface area contributed by atoms with Crippen LogP contribution in [0.25, 0.3) is 0 Å². The number of nitrogens with zero attached hydrogens (tertiary/aromatic N) is 4. The van der Waals surface area contributed by atoms with Crippen LogP contribution in [0.15, 0.2) is 55.0 Å². The molecule has 3 aromatic rings. The molecule has 0 fully saturated rings. The molecule has 0 aliphatic rings. The lowest BCUT2D eigenvalue weighted by molar-refractivity contribution is 1.08. The lowest BCUT2D eigenvalue weighted by Gasteiger charge is -2.21. The van der Waals surface area contributed by atoms with E-state index in [0.29, 0.717) is 17.3 Å². The SMILES string of the molecule is Cc1cccnc1Nc1ncnc(N(C)c2ccccc2)c1N. The Morgan fingerprint density at radius 2 is 1.74 bits per heavy atom. The number of aryl methyl sites for hydroxylation is 1. The number of hydrogen-bond donors (Lipinski definition) is 2. The quantitative estimate of drug-likeness (QED) is 0.770. The highest BCUT2D eigenvalue weighted by atomic mass is 15.2. The summed E-state index contributed by atoms with van der Waals surface area (Å²) in [5.41, 5.74) is 8.75. The van der Waals surface area contributed by atoms with Crippen LogP contribution in [0.5, 0.6) is 0 Å². The molecule has 0 amide bonds. The van der Waals surface area contributed by atoms with Gasteiger partial charge in [0.1, 0.15) is 17.8 Å². The molecule has 3 rings (SSSR count). The van der Waals surface area contributed by atoms with Crippen molar-refractivity contribution in [2.45, 2.75) is 6.92 Å². The van der Waals surface area contributed by atoms with Crippen molar-refractivity contribution in [1.29, 1.82) is 0 Å². The van der Waals surface area contributed by atoms with Crippen LogP contribution in [0, 0.1) is 6.92 Å². The molecule has 0 aliphatic heterocycles. The zero-order valence-electron chi connectivity index (χ0n) is 13.1. The minimum Gasteiger partial charge on any atom is -0.393 e. The number of aromatic nitrogens is 3. The average Bonchev–Trinajstić information content (AvgIpc) is 2.59. The normalized spacial score (nSPS) is 10.3. The van der Waals surface area contributed by atoms with Gasteiger partial charge < -0.3 is 16.0 Å². The van der Waals surface area contributed by atoms with Gasteiger partial charge in [0.25, 0.3) is 0 Å². The first-order valence-electron chi connectivity index (χ1n) is 7.24. The molecular weight excluding hydrogens is 288 g/mol. The zero-order chi connectivity index (χ0) is 16.2. The Morgan fingerprint density at radius 1 is 0.957 bits per heavy atom. The van der Waals surface area contributed by atoms with Crippen LogP contribution in [0.4, 0.5) is 28.8 Å². The van der Waals surface area contributed by atoms with Gasteiger partial charge in [-0.15, -0.1) is 0 Å². The maximum atomic E-state index is 6.26. The summed E-state index contributed by atoms with van der Waals surface area (Å²) >= 11 is 0. The van der Waals surface area contributed by atoms with E-state index in [0.717, 1.165) is 17.1 Å². The molecule has 0 aliphatic carbocycles. The Balaban J connectivity index is 1.94. The highest BCUT2D eigenvalue weighted by molar-refractivity contribution is 5.80. The van der Waals surface area contributed by atoms with Crippen molar-refractivity contribution in [2.75, 3.05) is 23.0 Å². The van der Waals surface area contributed by atoms with E-state index in [1.165, 1.54) is 6.33 Å². The second kappa shape index (κ2) is 6.31. The lowest BCUT2D eigenvalue weighted by Crippen LogP contribution is -2.15. The largest absolute Gasteiger partial charge is 0.393 e. The first-order valence-corrected chi connectivity index (χ1v) is 7.24. The van der Waals surface area contributed by atoms with Crippen LogP contribution in [-0.4, -0.2) is 22.0 Å². The standard InChI is InChI=1S/C17H18N6/c1-12-7-6-10-19-15(12)22-16-14(18)17(21-11-20-16)23(2)13-8-4-3-5-9-13/h3-11H,18H2,1-2H3,(H,19,20,21,22). The van der Waals surface area contributed by atoms with Crippen molar-refractivity contribution >= 4 is 28.8 Å². The summed E-state index contributed by atoms with van der Waals surface area (Å²) in [5, 5.41) is 3.17. The first-order chi connectivity index (χ1) is 11.2. The third-order valence-corrected chi connectivity index (χ3v) is 3.57. The van der Waals surface area contributed by atoms with E-state index in [2.05, 4.69) is 20.3 Å². The van der Waals surface area contributed by atoms with Crippen LogP contribution in [0.3, 0.4) is 0 Å². The molecule has 0 saturated carbocycles. The van der Waals surface area contributed by atoms with E-state index in [9.17, 15) is 0 Å². The first kappa shape index (κ1) is 14.8. The summed E-state index contributed by atoms with van der Waals surface area (Å²) in [6.45, 7) is 1.98. The zero-order valence-corrected chi connectivity index (χ0v) is 13.1. The highest BCUT2D eigenvalue weighted by Gasteiger charge is 2.14. The van der Waals surface area contributed by atoms with Crippen LogP contribution in [0.1, 0.15) is 5.56 Å². The van der Waals surface area contributed by atoms with E-state index in [1.54, 1.807) is 6.20 Å². The molecule has 6 heteroatoms. The topological polar surface area (TPSA) is 80.0 Å². The Labute approximate surface area is 135 Å². The van der Waals surface area contributed by atoms with Gasteiger partial charge in [0.15, 0.2) is 11.6 Å². The molecule has 0 radical (unpaired) electrons. The number of benzene rings is 1. The van der Waals surface area contributed by atoms with Gasteiger partial charge in [-0.1, -0.05) is 24.3 Å².